The quantitative estimate of drug-likeness (QED) is 0.639. The number of aromatic nitrogens is 2. The molecule has 0 radical (unpaired) electrons. The Morgan fingerprint density at radius 1 is 1.21 bits per heavy atom. The lowest BCUT2D eigenvalue weighted by molar-refractivity contribution is -0.134. The van der Waals surface area contributed by atoms with E-state index in [9.17, 15) is 9.18 Å². The standard InChI is InChI=1S/C22H24FN3O2S/c1-15-11-19(16(2)26(15)13-17-3-5-18(23)6-4-17)20-14-29-21(24-20)12-22(27)25-7-9-28-10-8-25/h3-6,11,14H,7-10,12-13H2,1-2H3. The minimum absolute atomic E-state index is 0.107. The van der Waals surface area contributed by atoms with E-state index in [1.54, 1.807) is 0 Å². The minimum atomic E-state index is -0.225. The fourth-order valence-electron chi connectivity index (χ4n) is 3.65. The molecule has 1 saturated heterocycles. The lowest BCUT2D eigenvalue weighted by Crippen LogP contribution is -2.41. The summed E-state index contributed by atoms with van der Waals surface area (Å²) >= 11 is 1.53. The molecular weight excluding hydrogens is 389 g/mol. The average molecular weight is 414 g/mol. The number of nitrogens with zero attached hydrogens (tertiary/aromatic N) is 3. The van der Waals surface area contributed by atoms with E-state index >= 15 is 0 Å². The van der Waals surface area contributed by atoms with Gasteiger partial charge in [0, 0.05) is 42.0 Å². The molecule has 0 unspecified atom stereocenters. The van der Waals surface area contributed by atoms with Crippen LogP contribution in [0.3, 0.4) is 0 Å². The van der Waals surface area contributed by atoms with Crippen LogP contribution in [0, 0.1) is 19.7 Å². The van der Waals surface area contributed by atoms with Crippen molar-refractivity contribution >= 4 is 17.2 Å². The predicted molar refractivity (Wildman–Crippen MR) is 112 cm³/mol. The molecule has 1 amide bonds. The molecule has 1 fully saturated rings. The van der Waals surface area contributed by atoms with Gasteiger partial charge >= 0.3 is 0 Å². The van der Waals surface area contributed by atoms with E-state index in [1.165, 1.54) is 23.5 Å². The summed E-state index contributed by atoms with van der Waals surface area (Å²) in [7, 11) is 0. The number of carbonyl (C=O) groups is 1. The summed E-state index contributed by atoms with van der Waals surface area (Å²) in [6.07, 6.45) is 0.332. The first-order valence-electron chi connectivity index (χ1n) is 9.73. The second kappa shape index (κ2) is 8.47. The van der Waals surface area contributed by atoms with E-state index in [-0.39, 0.29) is 11.7 Å². The molecule has 1 aliphatic heterocycles. The molecule has 152 valence electrons. The largest absolute Gasteiger partial charge is 0.378 e. The van der Waals surface area contributed by atoms with Gasteiger partial charge in [-0.25, -0.2) is 9.37 Å². The first-order chi connectivity index (χ1) is 14.0. The van der Waals surface area contributed by atoms with Gasteiger partial charge in [0.2, 0.25) is 5.91 Å². The van der Waals surface area contributed by atoms with Crippen molar-refractivity contribution in [2.75, 3.05) is 26.3 Å². The Morgan fingerprint density at radius 2 is 1.93 bits per heavy atom. The molecule has 7 heteroatoms. The first kappa shape index (κ1) is 19.8. The number of amides is 1. The summed E-state index contributed by atoms with van der Waals surface area (Å²) < 4.78 is 20.7. The topological polar surface area (TPSA) is 47.4 Å². The Labute approximate surface area is 173 Å². The van der Waals surface area contributed by atoms with Gasteiger partial charge in [0.05, 0.1) is 25.3 Å². The maximum atomic E-state index is 13.2. The van der Waals surface area contributed by atoms with Crippen LogP contribution < -0.4 is 0 Å². The molecule has 0 spiro atoms. The highest BCUT2D eigenvalue weighted by molar-refractivity contribution is 7.10. The molecule has 4 rings (SSSR count). The van der Waals surface area contributed by atoms with Crippen molar-refractivity contribution in [2.24, 2.45) is 0 Å². The Kier molecular flexibility index (Phi) is 5.78. The molecule has 2 aromatic heterocycles. The summed E-state index contributed by atoms with van der Waals surface area (Å²) in [6.45, 7) is 7.34. The van der Waals surface area contributed by atoms with Crippen molar-refractivity contribution in [2.45, 2.75) is 26.8 Å². The van der Waals surface area contributed by atoms with Crippen molar-refractivity contribution in [1.29, 1.82) is 0 Å². The Morgan fingerprint density at radius 3 is 2.66 bits per heavy atom. The number of halogens is 1. The van der Waals surface area contributed by atoms with Crippen molar-refractivity contribution in [3.05, 3.63) is 63.5 Å². The van der Waals surface area contributed by atoms with E-state index < -0.39 is 0 Å². The monoisotopic (exact) mass is 413 g/mol. The molecule has 1 aromatic carbocycles. The molecule has 5 nitrogen and oxygen atoms in total. The second-order valence-corrected chi connectivity index (χ2v) is 8.24. The van der Waals surface area contributed by atoms with Crippen LogP contribution in [0.1, 0.15) is 22.0 Å². The fourth-order valence-corrected chi connectivity index (χ4v) is 4.43. The lowest BCUT2D eigenvalue weighted by Gasteiger charge is -2.26. The molecule has 0 aliphatic carbocycles. The number of carbonyl (C=O) groups excluding carboxylic acids is 1. The van der Waals surface area contributed by atoms with E-state index in [4.69, 9.17) is 9.72 Å². The van der Waals surface area contributed by atoms with Crippen LogP contribution in [0.4, 0.5) is 4.39 Å². The summed E-state index contributed by atoms with van der Waals surface area (Å²) in [5.41, 5.74) is 5.27. The van der Waals surface area contributed by atoms with Crippen molar-refractivity contribution in [3.8, 4) is 11.3 Å². The molecular formula is C22H24FN3O2S. The number of hydrogen-bond acceptors (Lipinski definition) is 4. The zero-order valence-corrected chi connectivity index (χ0v) is 17.5. The number of thiazole rings is 1. The summed E-state index contributed by atoms with van der Waals surface area (Å²) in [4.78, 5) is 19.0. The van der Waals surface area contributed by atoms with Crippen LogP contribution in [-0.4, -0.2) is 46.7 Å². The van der Waals surface area contributed by atoms with Gasteiger partial charge in [-0.15, -0.1) is 11.3 Å². The van der Waals surface area contributed by atoms with Crippen molar-refractivity contribution in [1.82, 2.24) is 14.5 Å². The van der Waals surface area contributed by atoms with Gasteiger partial charge in [-0.1, -0.05) is 12.1 Å². The van der Waals surface area contributed by atoms with Gasteiger partial charge in [0.25, 0.3) is 0 Å². The van der Waals surface area contributed by atoms with E-state index in [2.05, 4.69) is 24.5 Å². The number of aryl methyl sites for hydroxylation is 1. The van der Waals surface area contributed by atoms with Gasteiger partial charge in [0.1, 0.15) is 10.8 Å². The SMILES string of the molecule is Cc1cc(-c2csc(CC(=O)N3CCOCC3)n2)c(C)n1Cc1ccc(F)cc1. The molecule has 0 saturated carbocycles. The molecule has 0 N–H and O–H groups in total. The van der Waals surface area contributed by atoms with Gasteiger partial charge < -0.3 is 14.2 Å². The summed E-state index contributed by atoms with van der Waals surface area (Å²) in [6, 6.07) is 8.73. The number of ether oxygens (including phenoxy) is 1. The third-order valence-electron chi connectivity index (χ3n) is 5.32. The lowest BCUT2D eigenvalue weighted by atomic mass is 10.2. The highest BCUT2D eigenvalue weighted by Gasteiger charge is 2.19. The highest BCUT2D eigenvalue weighted by Crippen LogP contribution is 2.29. The normalized spacial score (nSPS) is 14.4. The van der Waals surface area contributed by atoms with Crippen LogP contribution in [0.25, 0.3) is 11.3 Å². The highest BCUT2D eigenvalue weighted by atomic mass is 32.1. The number of benzene rings is 1. The van der Waals surface area contributed by atoms with E-state index in [0.29, 0.717) is 39.3 Å². The maximum absolute atomic E-state index is 13.2. The van der Waals surface area contributed by atoms with Gasteiger partial charge in [-0.2, -0.15) is 0 Å². The molecule has 0 bridgehead atoms. The smallest absolute Gasteiger partial charge is 0.229 e. The zero-order valence-electron chi connectivity index (χ0n) is 16.7. The Balaban J connectivity index is 1.50. The van der Waals surface area contributed by atoms with Gasteiger partial charge in [-0.05, 0) is 37.6 Å². The van der Waals surface area contributed by atoms with Crippen LogP contribution in [-0.2, 0) is 22.5 Å². The van der Waals surface area contributed by atoms with Crippen LogP contribution in [0.2, 0.25) is 0 Å². The Hall–Kier alpha value is -2.51. The molecule has 3 aromatic rings. The molecule has 0 atom stereocenters. The summed E-state index contributed by atoms with van der Waals surface area (Å²) in [5.74, 6) is -0.118. The number of rotatable bonds is 5. The minimum Gasteiger partial charge on any atom is -0.378 e. The van der Waals surface area contributed by atoms with Crippen LogP contribution >= 0.6 is 11.3 Å². The van der Waals surface area contributed by atoms with Crippen LogP contribution in [0.15, 0.2) is 35.7 Å². The zero-order chi connectivity index (χ0) is 20.4. The van der Waals surface area contributed by atoms with Gasteiger partial charge in [-0.3, -0.25) is 4.79 Å². The van der Waals surface area contributed by atoms with E-state index in [0.717, 1.165) is 33.2 Å². The first-order valence-corrected chi connectivity index (χ1v) is 10.6. The average Bonchev–Trinajstić information content (AvgIpc) is 3.29. The number of morpholine rings is 1. The molecule has 3 heterocycles. The van der Waals surface area contributed by atoms with Crippen LogP contribution in [0.5, 0.6) is 0 Å². The van der Waals surface area contributed by atoms with E-state index in [1.807, 2.05) is 22.4 Å². The third kappa shape index (κ3) is 4.41. The third-order valence-corrected chi connectivity index (χ3v) is 6.17. The molecule has 29 heavy (non-hydrogen) atoms. The van der Waals surface area contributed by atoms with Crippen molar-refractivity contribution < 1.29 is 13.9 Å². The second-order valence-electron chi connectivity index (χ2n) is 7.29. The number of hydrogen-bond donors (Lipinski definition) is 0. The van der Waals surface area contributed by atoms with Gasteiger partial charge in [0.15, 0.2) is 0 Å². The fraction of sp³-hybridized carbons (Fsp3) is 0.364. The summed E-state index contributed by atoms with van der Waals surface area (Å²) in [5, 5.41) is 2.85. The molecule has 1 aliphatic rings. The Bertz CT molecular complexity index is 1000. The van der Waals surface area contributed by atoms with Crippen molar-refractivity contribution in [3.63, 3.8) is 0 Å². The maximum Gasteiger partial charge on any atom is 0.229 e. The predicted octanol–water partition coefficient (Wildman–Crippen LogP) is 3.82.